The average Bonchev–Trinajstić information content (AvgIpc) is 2.14. The van der Waals surface area contributed by atoms with Gasteiger partial charge < -0.3 is 20.2 Å². The summed E-state index contributed by atoms with van der Waals surface area (Å²) in [4.78, 5) is 28.0. The molecule has 15 heavy (non-hydrogen) atoms. The summed E-state index contributed by atoms with van der Waals surface area (Å²) >= 11 is 0. The van der Waals surface area contributed by atoms with Gasteiger partial charge in [-0.25, -0.2) is 0 Å². The molecule has 1 rings (SSSR count). The van der Waals surface area contributed by atoms with Crippen LogP contribution in [-0.2, 0) is 9.36 Å². The Balaban J connectivity index is 2.26. The summed E-state index contributed by atoms with van der Waals surface area (Å²) in [5, 5.41) is 11.5. The summed E-state index contributed by atoms with van der Waals surface area (Å²) in [5.74, 6) is -0.684. The molecule has 0 aliphatic carbocycles. The number of carboxylic acid groups (broad SMARTS) is 1. The van der Waals surface area contributed by atoms with Gasteiger partial charge in [-0.2, -0.15) is 0 Å². The van der Waals surface area contributed by atoms with E-state index in [1.165, 1.54) is 0 Å². The molecule has 2 atom stereocenters. The minimum atomic E-state index is -3.91. The maximum Gasteiger partial charge on any atom is 0.325 e. The number of nitrogens with one attached hydrogen (secondary N) is 1. The molecule has 6 nitrogen and oxygen atoms in total. The van der Waals surface area contributed by atoms with Crippen molar-refractivity contribution in [2.75, 3.05) is 12.7 Å². The lowest BCUT2D eigenvalue weighted by Gasteiger charge is -2.27. The largest absolute Gasteiger partial charge is 0.480 e. The van der Waals surface area contributed by atoms with Crippen LogP contribution in [-0.4, -0.2) is 39.6 Å². The Morgan fingerprint density at radius 2 is 2.07 bits per heavy atom. The van der Waals surface area contributed by atoms with Gasteiger partial charge >= 0.3 is 13.6 Å². The van der Waals surface area contributed by atoms with Crippen molar-refractivity contribution in [3.8, 4) is 0 Å². The summed E-state index contributed by atoms with van der Waals surface area (Å²) < 4.78 is 10.6. The number of aliphatic carboxylic acids is 1. The molecule has 0 aromatic rings. The van der Waals surface area contributed by atoms with E-state index in [1.54, 1.807) is 0 Å². The average molecular weight is 237 g/mol. The maximum absolute atomic E-state index is 10.6. The van der Waals surface area contributed by atoms with Gasteiger partial charge in [-0.05, 0) is 31.7 Å². The van der Waals surface area contributed by atoms with Gasteiger partial charge in [0.15, 0.2) is 0 Å². The van der Waals surface area contributed by atoms with E-state index in [4.69, 9.17) is 14.9 Å². The van der Waals surface area contributed by atoms with E-state index in [-0.39, 0.29) is 12.1 Å². The van der Waals surface area contributed by atoms with Crippen molar-refractivity contribution >= 4 is 13.6 Å². The van der Waals surface area contributed by atoms with Crippen LogP contribution >= 0.6 is 7.60 Å². The van der Waals surface area contributed by atoms with Crippen LogP contribution in [0.15, 0.2) is 0 Å². The number of carbonyl (C=O) groups is 1. The van der Waals surface area contributed by atoms with Crippen molar-refractivity contribution in [3.63, 3.8) is 0 Å². The van der Waals surface area contributed by atoms with Gasteiger partial charge in [0.25, 0.3) is 0 Å². The van der Waals surface area contributed by atoms with E-state index in [2.05, 4.69) is 5.32 Å². The Labute approximate surface area is 87.8 Å². The number of hydrogen-bond donors (Lipinski definition) is 4. The first-order valence-corrected chi connectivity index (χ1v) is 6.69. The van der Waals surface area contributed by atoms with E-state index in [9.17, 15) is 9.36 Å². The van der Waals surface area contributed by atoms with E-state index in [0.717, 1.165) is 0 Å². The third-order valence-corrected chi connectivity index (χ3v) is 3.48. The third kappa shape index (κ3) is 4.75. The van der Waals surface area contributed by atoms with E-state index >= 15 is 0 Å². The smallest absolute Gasteiger partial charge is 0.325 e. The predicted octanol–water partition coefficient (Wildman–Crippen LogP) is 0.00700. The molecule has 2 unspecified atom stereocenters. The number of rotatable bonds is 4. The monoisotopic (exact) mass is 237 g/mol. The minimum Gasteiger partial charge on any atom is -0.480 e. The van der Waals surface area contributed by atoms with E-state index in [0.29, 0.717) is 25.8 Å². The Kier molecular flexibility index (Phi) is 4.28. The van der Waals surface area contributed by atoms with Crippen LogP contribution in [0.2, 0.25) is 0 Å². The van der Waals surface area contributed by atoms with Crippen LogP contribution in [0.25, 0.3) is 0 Å². The molecule has 1 aliphatic rings. The molecule has 1 heterocycles. The molecule has 0 amide bonds. The molecule has 0 aromatic heterocycles. The van der Waals surface area contributed by atoms with Crippen LogP contribution in [0, 0.1) is 5.92 Å². The van der Waals surface area contributed by atoms with Crippen molar-refractivity contribution in [1.82, 2.24) is 5.32 Å². The first kappa shape index (κ1) is 12.6. The van der Waals surface area contributed by atoms with Gasteiger partial charge in [0, 0.05) is 0 Å². The molecular formula is C8H16NO5P. The minimum absolute atomic E-state index is 0.114. The first-order valence-electron chi connectivity index (χ1n) is 4.89. The highest BCUT2D eigenvalue weighted by Gasteiger charge is 2.26. The number of carboxylic acids is 1. The van der Waals surface area contributed by atoms with Crippen molar-refractivity contribution in [2.45, 2.75) is 25.3 Å². The van der Waals surface area contributed by atoms with Crippen LogP contribution in [0.1, 0.15) is 19.3 Å². The van der Waals surface area contributed by atoms with Gasteiger partial charge in [0.2, 0.25) is 0 Å². The van der Waals surface area contributed by atoms with Crippen molar-refractivity contribution in [3.05, 3.63) is 0 Å². The summed E-state index contributed by atoms with van der Waals surface area (Å²) in [5.41, 5.74) is 0. The topological polar surface area (TPSA) is 107 Å². The second kappa shape index (κ2) is 5.07. The van der Waals surface area contributed by atoms with Gasteiger partial charge in [0.05, 0.1) is 6.16 Å². The summed E-state index contributed by atoms with van der Waals surface area (Å²) in [6.07, 6.45) is 1.58. The molecule has 88 valence electrons. The van der Waals surface area contributed by atoms with Gasteiger partial charge in [-0.3, -0.25) is 9.36 Å². The second-order valence-corrected chi connectivity index (χ2v) is 5.70. The Morgan fingerprint density at radius 1 is 1.40 bits per heavy atom. The fraction of sp³-hybridized carbons (Fsp3) is 0.875. The lowest BCUT2D eigenvalue weighted by molar-refractivity contribution is -0.140. The Bertz CT molecular complexity index is 268. The SMILES string of the molecule is O=C(O)C1CCC(CCP(=O)(O)O)CN1. The third-order valence-electron chi connectivity index (χ3n) is 2.64. The summed E-state index contributed by atoms with van der Waals surface area (Å²) in [6.45, 7) is 0.525. The predicted molar refractivity (Wildman–Crippen MR) is 53.7 cm³/mol. The molecule has 1 saturated heterocycles. The molecule has 0 radical (unpaired) electrons. The van der Waals surface area contributed by atoms with Crippen LogP contribution in [0.3, 0.4) is 0 Å². The fourth-order valence-electron chi connectivity index (χ4n) is 1.72. The molecule has 1 aliphatic heterocycles. The fourth-order valence-corrected chi connectivity index (χ4v) is 2.42. The maximum atomic E-state index is 10.6. The van der Waals surface area contributed by atoms with Crippen molar-refractivity contribution in [1.29, 1.82) is 0 Å². The Hall–Kier alpha value is -0.420. The zero-order valence-electron chi connectivity index (χ0n) is 8.30. The zero-order chi connectivity index (χ0) is 11.5. The molecule has 4 N–H and O–H groups in total. The van der Waals surface area contributed by atoms with Gasteiger partial charge in [-0.1, -0.05) is 0 Å². The highest BCUT2D eigenvalue weighted by Crippen LogP contribution is 2.37. The van der Waals surface area contributed by atoms with Crippen LogP contribution < -0.4 is 5.32 Å². The van der Waals surface area contributed by atoms with Gasteiger partial charge in [-0.15, -0.1) is 0 Å². The second-order valence-electron chi connectivity index (χ2n) is 3.92. The quantitative estimate of drug-likeness (QED) is 0.513. The molecule has 0 saturated carbocycles. The van der Waals surface area contributed by atoms with E-state index < -0.39 is 19.6 Å². The van der Waals surface area contributed by atoms with Crippen molar-refractivity contribution in [2.24, 2.45) is 5.92 Å². The van der Waals surface area contributed by atoms with Gasteiger partial charge in [0.1, 0.15) is 6.04 Å². The highest BCUT2D eigenvalue weighted by atomic mass is 31.2. The molecular weight excluding hydrogens is 221 g/mol. The normalized spacial score (nSPS) is 27.6. The molecule has 0 aromatic carbocycles. The summed E-state index contributed by atoms with van der Waals surface area (Å²) in [7, 11) is -3.91. The highest BCUT2D eigenvalue weighted by molar-refractivity contribution is 7.51. The zero-order valence-corrected chi connectivity index (χ0v) is 9.19. The molecule has 0 spiro atoms. The lowest BCUT2D eigenvalue weighted by atomic mass is 9.93. The van der Waals surface area contributed by atoms with Crippen molar-refractivity contribution < 1.29 is 24.3 Å². The van der Waals surface area contributed by atoms with Crippen LogP contribution in [0.4, 0.5) is 0 Å². The standard InChI is InChI=1S/C8H16NO5P/c10-8(11)7-2-1-6(5-9-7)3-4-15(12,13)14/h6-7,9H,1-5H2,(H,10,11)(H2,12,13,14). The Morgan fingerprint density at radius 3 is 2.47 bits per heavy atom. The number of hydrogen-bond acceptors (Lipinski definition) is 3. The molecule has 0 bridgehead atoms. The van der Waals surface area contributed by atoms with E-state index in [1.807, 2.05) is 0 Å². The summed E-state index contributed by atoms with van der Waals surface area (Å²) in [6, 6.07) is -0.503. The lowest BCUT2D eigenvalue weighted by Crippen LogP contribution is -2.44. The number of piperidine rings is 1. The first-order chi connectivity index (χ1) is 6.88. The van der Waals surface area contributed by atoms with Crippen LogP contribution in [0.5, 0.6) is 0 Å². The molecule has 7 heteroatoms. The molecule has 1 fully saturated rings.